The van der Waals surface area contributed by atoms with Gasteiger partial charge in [0.25, 0.3) is 0 Å². The van der Waals surface area contributed by atoms with Crippen LogP contribution in [-0.2, 0) is 4.12 Å². The minimum absolute atomic E-state index is 0.362. The minimum Gasteiger partial charge on any atom is -0.465 e. The molecule has 0 saturated heterocycles. The van der Waals surface area contributed by atoms with Crippen molar-refractivity contribution in [3.05, 3.63) is 30.5 Å². The van der Waals surface area contributed by atoms with Crippen LogP contribution in [0.1, 0.15) is 13.0 Å². The molecule has 0 N–H and O–H groups in total. The van der Waals surface area contributed by atoms with Crippen LogP contribution in [-0.4, -0.2) is 29.8 Å². The highest BCUT2D eigenvalue weighted by Crippen LogP contribution is 2.04. The zero-order valence-electron chi connectivity index (χ0n) is 7.47. The Labute approximate surface area is 77.9 Å². The second kappa shape index (κ2) is 5.07. The van der Waals surface area contributed by atoms with Gasteiger partial charge >= 0.3 is 0 Å². The number of hydrogen-bond acceptors (Lipinski definition) is 2. The van der Waals surface area contributed by atoms with Crippen molar-refractivity contribution in [3.8, 4) is 0 Å². The first-order valence-electron chi connectivity index (χ1n) is 3.97. The maximum atomic E-state index is 5.18. The lowest BCUT2D eigenvalue weighted by atomic mass is 10.3. The first-order valence-corrected chi connectivity index (χ1v) is 6.18. The molecule has 0 saturated carbocycles. The molecule has 0 aromatic carbocycles. The predicted octanol–water partition coefficient (Wildman–Crippen LogP) is -0.661. The summed E-state index contributed by atoms with van der Waals surface area (Å²) in [7, 11) is 0.504. The van der Waals surface area contributed by atoms with E-state index in [9.17, 15) is 0 Å². The van der Waals surface area contributed by atoms with E-state index in [0.717, 1.165) is 10.5 Å². The highest BCUT2D eigenvalue weighted by Gasteiger charge is 1.96. The quantitative estimate of drug-likeness (QED) is 0.601. The Morgan fingerprint density at radius 2 is 2.58 bits per heavy atom. The fraction of sp³-hybridized carbons (Fsp3) is 0.286. The molecule has 1 unspecified atom stereocenters. The minimum atomic E-state index is -0.362. The molecule has 0 amide bonds. The predicted molar refractivity (Wildman–Crippen MR) is 55.6 cm³/mol. The largest absolute Gasteiger partial charge is 0.465 e. The molecule has 0 radical (unpaired) electrons. The number of imidazole rings is 1. The van der Waals surface area contributed by atoms with Crippen LogP contribution in [0.25, 0.3) is 0 Å². The Morgan fingerprint density at radius 3 is 3.17 bits per heavy atom. The van der Waals surface area contributed by atoms with Gasteiger partial charge in [-0.15, -0.1) is 0 Å². The topological polar surface area (TPSA) is 27.1 Å². The van der Waals surface area contributed by atoms with Crippen molar-refractivity contribution >= 4 is 20.2 Å². The van der Waals surface area contributed by atoms with Gasteiger partial charge in [-0.25, -0.2) is 4.98 Å². The smallest absolute Gasteiger partial charge is 0.170 e. The molecule has 0 fully saturated rings. The fourth-order valence-corrected chi connectivity index (χ4v) is 2.23. The zero-order valence-corrected chi connectivity index (χ0v) is 10.9. The van der Waals surface area contributed by atoms with Gasteiger partial charge in [-0.05, 0) is 6.92 Å². The highest BCUT2D eigenvalue weighted by molar-refractivity contribution is 6.39. The number of allylic oxidation sites excluding steroid dienone is 1. The molecular formula is C7H14N2OSi2. The Kier molecular flexibility index (Phi) is 3.99. The summed E-state index contributed by atoms with van der Waals surface area (Å²) in [5.74, 6) is 0. The lowest BCUT2D eigenvalue weighted by Gasteiger charge is -2.06. The van der Waals surface area contributed by atoms with E-state index >= 15 is 0 Å². The molecule has 0 aliphatic carbocycles. The molecule has 5 heteroatoms. The van der Waals surface area contributed by atoms with Gasteiger partial charge in [0.05, 0.1) is 6.33 Å². The van der Waals surface area contributed by atoms with E-state index in [1.807, 2.05) is 12.5 Å². The average molecular weight is 198 g/mol. The molecular weight excluding hydrogens is 184 g/mol. The second-order valence-corrected chi connectivity index (χ2v) is 5.75. The molecule has 1 aromatic heterocycles. The van der Waals surface area contributed by atoms with E-state index in [1.165, 1.54) is 0 Å². The molecule has 0 aliphatic heterocycles. The van der Waals surface area contributed by atoms with Crippen molar-refractivity contribution in [2.24, 2.45) is 0 Å². The van der Waals surface area contributed by atoms with Gasteiger partial charge in [0, 0.05) is 18.4 Å². The van der Waals surface area contributed by atoms with E-state index in [-0.39, 0.29) is 9.76 Å². The Bertz CT molecular complexity index is 236. The van der Waals surface area contributed by atoms with E-state index < -0.39 is 0 Å². The van der Waals surface area contributed by atoms with Crippen LogP contribution < -0.4 is 0 Å². The Balaban J connectivity index is 2.44. The molecule has 1 rings (SSSR count). The van der Waals surface area contributed by atoms with Crippen molar-refractivity contribution in [2.75, 3.05) is 0 Å². The summed E-state index contributed by atoms with van der Waals surface area (Å²) in [5.41, 5.74) is 2.18. The van der Waals surface area contributed by atoms with Crippen LogP contribution in [0.2, 0.25) is 0 Å². The number of aromatic nitrogens is 2. The Hall–Kier alpha value is -0.656. The Morgan fingerprint density at radius 1 is 1.75 bits per heavy atom. The average Bonchev–Trinajstić information content (AvgIpc) is 2.56. The third-order valence-corrected chi connectivity index (χ3v) is 3.47. The van der Waals surface area contributed by atoms with Crippen LogP contribution in [0.4, 0.5) is 0 Å². The summed E-state index contributed by atoms with van der Waals surface area (Å²) in [5, 5.41) is 0. The van der Waals surface area contributed by atoms with Crippen molar-refractivity contribution in [3.63, 3.8) is 0 Å². The van der Waals surface area contributed by atoms with Gasteiger partial charge in [0.2, 0.25) is 0 Å². The zero-order chi connectivity index (χ0) is 8.81. The second-order valence-electron chi connectivity index (χ2n) is 2.63. The van der Waals surface area contributed by atoms with Crippen LogP contribution in [0, 0.1) is 0 Å². The van der Waals surface area contributed by atoms with Crippen molar-refractivity contribution < 1.29 is 4.12 Å². The van der Waals surface area contributed by atoms with Crippen LogP contribution >= 0.6 is 0 Å². The lowest BCUT2D eigenvalue weighted by molar-refractivity contribution is 0.654. The maximum Gasteiger partial charge on any atom is 0.170 e. The first kappa shape index (κ1) is 9.43. The van der Waals surface area contributed by atoms with Gasteiger partial charge in [0.15, 0.2) is 9.76 Å². The summed E-state index contributed by atoms with van der Waals surface area (Å²) in [6.45, 7) is 2.14. The molecule has 0 aliphatic rings. The fourth-order valence-electron chi connectivity index (χ4n) is 0.958. The van der Waals surface area contributed by atoms with Crippen molar-refractivity contribution in [2.45, 2.75) is 13.0 Å². The number of nitrogens with zero attached hydrogens (tertiary/aromatic N) is 2. The third-order valence-electron chi connectivity index (χ3n) is 1.67. The molecule has 1 aromatic rings. The summed E-state index contributed by atoms with van der Waals surface area (Å²) in [6, 6.07) is 0.400. The molecule has 0 spiro atoms. The van der Waals surface area contributed by atoms with E-state index in [1.54, 1.807) is 6.20 Å². The molecule has 12 heavy (non-hydrogen) atoms. The van der Waals surface area contributed by atoms with Gasteiger partial charge in [0.1, 0.15) is 10.5 Å². The molecule has 1 atom stereocenters. The standard InChI is InChI=1S/C7H14N2OSi2/c1-7(2-5-12-10-11)9-4-3-8-6-9/h2-7H,12H2,1,11H3/b5-2+. The van der Waals surface area contributed by atoms with Gasteiger partial charge in [-0.2, -0.15) is 0 Å². The normalized spacial score (nSPS) is 15.1. The van der Waals surface area contributed by atoms with E-state index in [0.29, 0.717) is 6.04 Å². The maximum absolute atomic E-state index is 5.18. The van der Waals surface area contributed by atoms with E-state index in [2.05, 4.69) is 28.3 Å². The molecule has 3 nitrogen and oxygen atoms in total. The van der Waals surface area contributed by atoms with Crippen molar-refractivity contribution in [1.29, 1.82) is 0 Å². The summed E-state index contributed by atoms with van der Waals surface area (Å²) < 4.78 is 7.24. The molecule has 66 valence electrons. The lowest BCUT2D eigenvalue weighted by Crippen LogP contribution is -1.99. The van der Waals surface area contributed by atoms with Crippen molar-refractivity contribution in [1.82, 2.24) is 9.55 Å². The highest BCUT2D eigenvalue weighted by atomic mass is 28.3. The van der Waals surface area contributed by atoms with Gasteiger partial charge < -0.3 is 8.68 Å². The SMILES string of the molecule is CC(/C=C/[SiH2]O[SiH3])n1ccnc1. The van der Waals surface area contributed by atoms with Gasteiger partial charge in [-0.3, -0.25) is 0 Å². The molecule has 1 heterocycles. The number of hydrogen-bond donors (Lipinski definition) is 0. The third kappa shape index (κ3) is 2.76. The van der Waals surface area contributed by atoms with E-state index in [4.69, 9.17) is 4.12 Å². The van der Waals surface area contributed by atoms with Gasteiger partial charge in [-0.1, -0.05) is 11.8 Å². The summed E-state index contributed by atoms with van der Waals surface area (Å²) in [6.07, 6.45) is 7.77. The first-order chi connectivity index (χ1) is 5.84. The summed E-state index contributed by atoms with van der Waals surface area (Å²) in [4.78, 5) is 3.99. The van der Waals surface area contributed by atoms with Crippen LogP contribution in [0.5, 0.6) is 0 Å². The van der Waals surface area contributed by atoms with Crippen LogP contribution in [0.15, 0.2) is 30.5 Å². The van der Waals surface area contributed by atoms with Crippen LogP contribution in [0.3, 0.4) is 0 Å². The molecule has 0 bridgehead atoms. The monoisotopic (exact) mass is 198 g/mol. The summed E-state index contributed by atoms with van der Waals surface area (Å²) >= 11 is 0. The number of rotatable bonds is 4.